The monoisotopic (exact) mass is 459 g/mol. The molecule has 4 rings (SSSR count). The molecule has 2 aromatic carbocycles. The van der Waals surface area contributed by atoms with Gasteiger partial charge in [-0.3, -0.25) is 18.7 Å². The minimum atomic E-state index is -0.119. The molecule has 0 saturated heterocycles. The summed E-state index contributed by atoms with van der Waals surface area (Å²) in [6.07, 6.45) is 1.67. The Kier molecular flexibility index (Phi) is 5.79. The fourth-order valence-electron chi connectivity index (χ4n) is 3.47. The van der Waals surface area contributed by atoms with E-state index >= 15 is 0 Å². The Bertz CT molecular complexity index is 1390. The summed E-state index contributed by atoms with van der Waals surface area (Å²) in [4.78, 5) is 15.0. The van der Waals surface area contributed by atoms with Gasteiger partial charge in [0.15, 0.2) is 0 Å². The van der Waals surface area contributed by atoms with Crippen molar-refractivity contribution in [2.75, 3.05) is 7.05 Å². The fraction of sp³-hybridized carbons (Fsp3) is 0.190. The first-order chi connectivity index (χ1) is 14.4. The van der Waals surface area contributed by atoms with Crippen LogP contribution in [0.1, 0.15) is 5.56 Å². The van der Waals surface area contributed by atoms with Gasteiger partial charge in [-0.15, -0.1) is 11.7 Å². The molecule has 0 spiro atoms. The average molecular weight is 460 g/mol. The first-order valence-electron chi connectivity index (χ1n) is 9.25. The molecule has 0 atom stereocenters. The Morgan fingerprint density at radius 1 is 1.23 bits per heavy atom. The van der Waals surface area contributed by atoms with E-state index in [1.807, 2.05) is 46.7 Å². The van der Waals surface area contributed by atoms with Crippen LogP contribution in [-0.2, 0) is 19.8 Å². The van der Waals surface area contributed by atoms with E-state index in [1.54, 1.807) is 27.5 Å². The number of allylic oxidation sites excluding steroid dienone is 1. The van der Waals surface area contributed by atoms with E-state index in [0.717, 1.165) is 11.1 Å². The van der Waals surface area contributed by atoms with E-state index in [9.17, 15) is 4.79 Å². The fourth-order valence-corrected chi connectivity index (χ4v) is 4.22. The van der Waals surface area contributed by atoms with Gasteiger partial charge in [0.25, 0.3) is 5.56 Å². The SMILES string of the molecule is C=CCn1c(=O)c2ccccc2n2c(=S)n(CN(C)Cc3ccc(Cl)cc3Cl)nc12. The predicted molar refractivity (Wildman–Crippen MR) is 124 cm³/mol. The van der Waals surface area contributed by atoms with E-state index in [1.165, 1.54) is 0 Å². The van der Waals surface area contributed by atoms with Crippen molar-refractivity contribution in [2.24, 2.45) is 0 Å². The van der Waals surface area contributed by atoms with Gasteiger partial charge < -0.3 is 0 Å². The van der Waals surface area contributed by atoms with Crippen molar-refractivity contribution >= 4 is 52.1 Å². The Morgan fingerprint density at radius 2 is 2.00 bits per heavy atom. The maximum Gasteiger partial charge on any atom is 0.263 e. The van der Waals surface area contributed by atoms with E-state index in [2.05, 4.69) is 11.7 Å². The van der Waals surface area contributed by atoms with Crippen molar-refractivity contribution in [3.63, 3.8) is 0 Å². The van der Waals surface area contributed by atoms with Crippen LogP contribution in [0, 0.1) is 4.77 Å². The van der Waals surface area contributed by atoms with Crippen LogP contribution < -0.4 is 5.56 Å². The summed E-state index contributed by atoms with van der Waals surface area (Å²) >= 11 is 18.0. The first-order valence-corrected chi connectivity index (χ1v) is 10.4. The highest BCUT2D eigenvalue weighted by Crippen LogP contribution is 2.22. The molecule has 0 fully saturated rings. The van der Waals surface area contributed by atoms with Crippen molar-refractivity contribution < 1.29 is 0 Å². The number of para-hydroxylation sites is 1. The number of halogens is 2. The standard InChI is InChI=1S/C21H19Cl2N5OS/c1-3-10-26-19(29)16-6-4-5-7-18(16)28-20(26)24-27(21(28)30)13-25(2)12-14-8-9-15(22)11-17(14)23/h3-9,11H,1,10,12-13H2,2H3. The molecule has 0 amide bonds. The molecule has 4 aromatic rings. The summed E-state index contributed by atoms with van der Waals surface area (Å²) in [5.41, 5.74) is 1.57. The molecule has 0 radical (unpaired) electrons. The topological polar surface area (TPSA) is 47.5 Å². The van der Waals surface area contributed by atoms with Crippen LogP contribution in [-0.4, -0.2) is 30.7 Å². The van der Waals surface area contributed by atoms with Crippen molar-refractivity contribution in [2.45, 2.75) is 19.8 Å². The maximum absolute atomic E-state index is 13.0. The predicted octanol–water partition coefficient (Wildman–Crippen LogP) is 4.76. The van der Waals surface area contributed by atoms with E-state index in [4.69, 9.17) is 35.4 Å². The summed E-state index contributed by atoms with van der Waals surface area (Å²) in [5.74, 6) is 0.488. The van der Waals surface area contributed by atoms with Gasteiger partial charge in [-0.1, -0.05) is 47.5 Å². The molecule has 2 aromatic heterocycles. The Morgan fingerprint density at radius 3 is 2.73 bits per heavy atom. The number of rotatable bonds is 6. The van der Waals surface area contributed by atoms with E-state index in [0.29, 0.717) is 45.7 Å². The van der Waals surface area contributed by atoms with Gasteiger partial charge in [-0.25, -0.2) is 4.68 Å². The van der Waals surface area contributed by atoms with Crippen LogP contribution >= 0.6 is 35.4 Å². The number of benzene rings is 2. The van der Waals surface area contributed by atoms with Crippen molar-refractivity contribution in [1.82, 2.24) is 23.6 Å². The largest absolute Gasteiger partial charge is 0.283 e. The van der Waals surface area contributed by atoms with Gasteiger partial charge in [-0.05, 0) is 49.1 Å². The number of nitrogens with zero attached hydrogens (tertiary/aromatic N) is 5. The Balaban J connectivity index is 1.78. The molecule has 0 saturated carbocycles. The lowest BCUT2D eigenvalue weighted by Gasteiger charge is -2.17. The smallest absolute Gasteiger partial charge is 0.263 e. The zero-order valence-corrected chi connectivity index (χ0v) is 18.6. The lowest BCUT2D eigenvalue weighted by Crippen LogP contribution is -2.23. The van der Waals surface area contributed by atoms with Crippen molar-refractivity contribution in [3.05, 3.63) is 85.9 Å². The highest BCUT2D eigenvalue weighted by Gasteiger charge is 2.16. The second-order valence-corrected chi connectivity index (χ2v) is 8.24. The lowest BCUT2D eigenvalue weighted by atomic mass is 10.2. The molecule has 0 aliphatic carbocycles. The van der Waals surface area contributed by atoms with Crippen LogP contribution in [0.3, 0.4) is 0 Å². The normalized spacial score (nSPS) is 11.6. The number of fused-ring (bicyclic) bond motifs is 3. The maximum atomic E-state index is 13.0. The van der Waals surface area contributed by atoms with Gasteiger partial charge >= 0.3 is 0 Å². The molecule has 30 heavy (non-hydrogen) atoms. The molecule has 6 nitrogen and oxygen atoms in total. The van der Waals surface area contributed by atoms with Gasteiger partial charge in [0.05, 0.1) is 17.6 Å². The number of aromatic nitrogens is 4. The second-order valence-electron chi connectivity index (χ2n) is 7.03. The molecular weight excluding hydrogens is 441 g/mol. The minimum absolute atomic E-state index is 0.119. The van der Waals surface area contributed by atoms with Crippen molar-refractivity contribution in [1.29, 1.82) is 0 Å². The highest BCUT2D eigenvalue weighted by atomic mass is 35.5. The summed E-state index contributed by atoms with van der Waals surface area (Å²) in [6, 6.07) is 12.8. The third kappa shape index (κ3) is 3.70. The van der Waals surface area contributed by atoms with Crippen LogP contribution in [0.5, 0.6) is 0 Å². The van der Waals surface area contributed by atoms with Crippen LogP contribution in [0.2, 0.25) is 10.0 Å². The van der Waals surface area contributed by atoms with E-state index < -0.39 is 0 Å². The quantitative estimate of drug-likeness (QED) is 0.308. The van der Waals surface area contributed by atoms with Gasteiger partial charge in [-0.2, -0.15) is 0 Å². The third-order valence-corrected chi connectivity index (χ3v) is 5.81. The molecule has 0 N–H and O–H groups in total. The van der Waals surface area contributed by atoms with Crippen LogP contribution in [0.25, 0.3) is 16.7 Å². The average Bonchev–Trinajstić information content (AvgIpc) is 3.03. The zero-order valence-electron chi connectivity index (χ0n) is 16.3. The van der Waals surface area contributed by atoms with Gasteiger partial charge in [0, 0.05) is 23.1 Å². The molecule has 154 valence electrons. The summed E-state index contributed by atoms with van der Waals surface area (Å²) < 4.78 is 5.63. The highest BCUT2D eigenvalue weighted by molar-refractivity contribution is 7.71. The molecule has 2 heterocycles. The third-order valence-electron chi connectivity index (χ3n) is 4.83. The number of hydrogen-bond donors (Lipinski definition) is 0. The molecule has 0 bridgehead atoms. The molecular formula is C21H19Cl2N5OS. The first kappa shape index (κ1) is 20.8. The zero-order chi connectivity index (χ0) is 21.4. The van der Waals surface area contributed by atoms with Crippen LogP contribution in [0.15, 0.2) is 59.9 Å². The summed E-state index contributed by atoms with van der Waals surface area (Å²) in [6.45, 7) is 5.12. The number of hydrogen-bond acceptors (Lipinski definition) is 4. The molecule has 0 unspecified atom stereocenters. The van der Waals surface area contributed by atoms with Crippen molar-refractivity contribution in [3.8, 4) is 0 Å². The molecule has 0 aliphatic heterocycles. The van der Waals surface area contributed by atoms with Gasteiger partial charge in [0.2, 0.25) is 10.5 Å². The molecule has 0 aliphatic rings. The second kappa shape index (κ2) is 8.35. The Hall–Kier alpha value is -2.45. The summed E-state index contributed by atoms with van der Waals surface area (Å²) in [5, 5.41) is 6.45. The van der Waals surface area contributed by atoms with Gasteiger partial charge in [0.1, 0.15) is 0 Å². The summed E-state index contributed by atoms with van der Waals surface area (Å²) in [7, 11) is 1.95. The minimum Gasteiger partial charge on any atom is -0.283 e. The Labute approximate surface area is 188 Å². The van der Waals surface area contributed by atoms with E-state index in [-0.39, 0.29) is 5.56 Å². The van der Waals surface area contributed by atoms with Crippen LogP contribution in [0.4, 0.5) is 0 Å². The lowest BCUT2D eigenvalue weighted by molar-refractivity contribution is 0.244. The molecule has 9 heteroatoms.